The number of nitrogens with zero attached hydrogens (tertiary/aromatic N) is 3. The van der Waals surface area contributed by atoms with Crippen molar-refractivity contribution in [2.75, 3.05) is 33.3 Å². The Morgan fingerprint density at radius 3 is 2.46 bits per heavy atom. The summed E-state index contributed by atoms with van der Waals surface area (Å²) in [6.45, 7) is 2.11. The van der Waals surface area contributed by atoms with Crippen LogP contribution in [0.2, 0.25) is 0 Å². The number of benzene rings is 2. The van der Waals surface area contributed by atoms with E-state index in [4.69, 9.17) is 9.15 Å². The van der Waals surface area contributed by atoms with Gasteiger partial charge in [0.05, 0.1) is 13.5 Å². The maximum absolute atomic E-state index is 12.7. The zero-order valence-electron chi connectivity index (χ0n) is 15.6. The average molecular weight is 379 g/mol. The second kappa shape index (κ2) is 7.72. The third kappa shape index (κ3) is 3.69. The van der Waals surface area contributed by atoms with E-state index in [0.29, 0.717) is 49.3 Å². The first-order valence-corrected chi connectivity index (χ1v) is 9.17. The van der Waals surface area contributed by atoms with Gasteiger partial charge in [0.25, 0.3) is 5.91 Å². The molecule has 0 bridgehead atoms. The van der Waals surface area contributed by atoms with Crippen LogP contribution in [0.4, 0.5) is 0 Å². The van der Waals surface area contributed by atoms with E-state index in [1.165, 1.54) is 6.39 Å². The van der Waals surface area contributed by atoms with Gasteiger partial charge in [-0.1, -0.05) is 12.1 Å². The van der Waals surface area contributed by atoms with E-state index >= 15 is 0 Å². The fraction of sp³-hybridized carbons (Fsp3) is 0.286. The number of ether oxygens (including phenoxy) is 1. The number of oxazole rings is 1. The van der Waals surface area contributed by atoms with Gasteiger partial charge in [-0.15, -0.1) is 0 Å². The first-order valence-electron chi connectivity index (χ1n) is 9.17. The maximum atomic E-state index is 12.7. The van der Waals surface area contributed by atoms with Crippen LogP contribution >= 0.6 is 0 Å². The minimum atomic E-state index is -0.0489. The van der Waals surface area contributed by atoms with Gasteiger partial charge in [-0.3, -0.25) is 9.59 Å². The quantitative estimate of drug-likeness (QED) is 0.696. The normalized spacial score (nSPS) is 14.3. The molecule has 1 aliphatic rings. The number of carbonyl (C=O) groups is 2. The lowest BCUT2D eigenvalue weighted by molar-refractivity contribution is -0.131. The minimum absolute atomic E-state index is 0.0489. The van der Waals surface area contributed by atoms with Crippen molar-refractivity contribution in [3.63, 3.8) is 0 Å². The van der Waals surface area contributed by atoms with E-state index in [0.717, 1.165) is 11.3 Å². The SMILES string of the molecule is COc1ccc(CC(=O)N2CCN(C(=O)c3ccc4ocnc4c3)CC2)cc1. The molecule has 4 rings (SSSR count). The summed E-state index contributed by atoms with van der Waals surface area (Å²) < 4.78 is 10.4. The summed E-state index contributed by atoms with van der Waals surface area (Å²) in [6, 6.07) is 12.7. The van der Waals surface area contributed by atoms with Crippen LogP contribution in [0, 0.1) is 0 Å². The molecular weight excluding hydrogens is 358 g/mol. The summed E-state index contributed by atoms with van der Waals surface area (Å²) in [7, 11) is 1.62. The lowest BCUT2D eigenvalue weighted by atomic mass is 10.1. The molecule has 0 N–H and O–H groups in total. The first-order chi connectivity index (χ1) is 13.6. The Kier molecular flexibility index (Phi) is 4.97. The number of aromatic nitrogens is 1. The lowest BCUT2D eigenvalue weighted by Gasteiger charge is -2.35. The lowest BCUT2D eigenvalue weighted by Crippen LogP contribution is -2.51. The Hall–Kier alpha value is -3.35. The highest BCUT2D eigenvalue weighted by molar-refractivity contribution is 5.97. The van der Waals surface area contributed by atoms with Gasteiger partial charge in [-0.05, 0) is 35.9 Å². The van der Waals surface area contributed by atoms with Crippen LogP contribution in [-0.2, 0) is 11.2 Å². The van der Waals surface area contributed by atoms with Crippen LogP contribution in [-0.4, -0.2) is 59.9 Å². The predicted molar refractivity (Wildman–Crippen MR) is 103 cm³/mol. The van der Waals surface area contributed by atoms with Crippen LogP contribution < -0.4 is 4.74 Å². The monoisotopic (exact) mass is 379 g/mol. The molecule has 3 aromatic rings. The van der Waals surface area contributed by atoms with E-state index < -0.39 is 0 Å². The van der Waals surface area contributed by atoms with Gasteiger partial charge >= 0.3 is 0 Å². The molecule has 0 aliphatic carbocycles. The number of methoxy groups -OCH3 is 1. The van der Waals surface area contributed by atoms with E-state index in [1.807, 2.05) is 29.2 Å². The van der Waals surface area contributed by atoms with Gasteiger partial charge in [0, 0.05) is 31.7 Å². The molecule has 0 radical (unpaired) electrons. The predicted octanol–water partition coefficient (Wildman–Crippen LogP) is 2.36. The van der Waals surface area contributed by atoms with E-state index in [1.54, 1.807) is 30.2 Å². The van der Waals surface area contributed by atoms with Crippen LogP contribution in [0.15, 0.2) is 53.3 Å². The molecule has 144 valence electrons. The van der Waals surface area contributed by atoms with Crippen molar-refractivity contribution in [2.24, 2.45) is 0 Å². The van der Waals surface area contributed by atoms with Crippen LogP contribution in [0.5, 0.6) is 5.75 Å². The second-order valence-electron chi connectivity index (χ2n) is 6.73. The highest BCUT2D eigenvalue weighted by Crippen LogP contribution is 2.17. The Labute approximate surface area is 162 Å². The Balaban J connectivity index is 1.34. The van der Waals surface area contributed by atoms with Crippen molar-refractivity contribution in [1.82, 2.24) is 14.8 Å². The molecule has 0 saturated carbocycles. The average Bonchev–Trinajstić information content (AvgIpc) is 3.22. The molecule has 7 heteroatoms. The third-order valence-corrected chi connectivity index (χ3v) is 5.01. The fourth-order valence-electron chi connectivity index (χ4n) is 3.36. The maximum Gasteiger partial charge on any atom is 0.254 e. The van der Waals surface area contributed by atoms with E-state index in [-0.39, 0.29) is 11.8 Å². The van der Waals surface area contributed by atoms with Crippen molar-refractivity contribution in [2.45, 2.75) is 6.42 Å². The molecule has 28 heavy (non-hydrogen) atoms. The van der Waals surface area contributed by atoms with Crippen LogP contribution in [0.3, 0.4) is 0 Å². The molecular formula is C21H21N3O4. The number of rotatable bonds is 4. The molecule has 2 amide bonds. The van der Waals surface area contributed by atoms with Gasteiger partial charge in [0.1, 0.15) is 11.3 Å². The number of carbonyl (C=O) groups excluding carboxylic acids is 2. The van der Waals surface area contributed by atoms with E-state index in [2.05, 4.69) is 4.98 Å². The van der Waals surface area contributed by atoms with Crippen molar-refractivity contribution >= 4 is 22.9 Å². The number of amides is 2. The van der Waals surface area contributed by atoms with Crippen LogP contribution in [0.25, 0.3) is 11.1 Å². The molecule has 1 fully saturated rings. The molecule has 0 atom stereocenters. The number of hydrogen-bond acceptors (Lipinski definition) is 5. The van der Waals surface area contributed by atoms with Gasteiger partial charge in [-0.2, -0.15) is 0 Å². The Bertz CT molecular complexity index is 988. The van der Waals surface area contributed by atoms with Crippen molar-refractivity contribution in [1.29, 1.82) is 0 Å². The Morgan fingerprint density at radius 1 is 1.04 bits per heavy atom. The molecule has 2 heterocycles. The Morgan fingerprint density at radius 2 is 1.75 bits per heavy atom. The standard InChI is InChI=1S/C21H21N3O4/c1-27-17-5-2-15(3-6-17)12-20(25)23-8-10-24(11-9-23)21(26)16-4-7-19-18(13-16)22-14-28-19/h2-7,13-14H,8-12H2,1H3. The molecule has 1 aromatic heterocycles. The van der Waals surface area contributed by atoms with Gasteiger partial charge in [0.2, 0.25) is 5.91 Å². The molecule has 0 spiro atoms. The molecule has 7 nitrogen and oxygen atoms in total. The molecule has 1 saturated heterocycles. The summed E-state index contributed by atoms with van der Waals surface area (Å²) in [5, 5.41) is 0. The topological polar surface area (TPSA) is 75.9 Å². The highest BCUT2D eigenvalue weighted by Gasteiger charge is 2.25. The summed E-state index contributed by atoms with van der Waals surface area (Å²) in [4.78, 5) is 33.0. The zero-order chi connectivity index (χ0) is 19.5. The largest absolute Gasteiger partial charge is 0.497 e. The smallest absolute Gasteiger partial charge is 0.254 e. The van der Waals surface area contributed by atoms with Gasteiger partial charge < -0.3 is 19.0 Å². The number of hydrogen-bond donors (Lipinski definition) is 0. The highest BCUT2D eigenvalue weighted by atomic mass is 16.5. The van der Waals surface area contributed by atoms with Gasteiger partial charge in [-0.25, -0.2) is 4.98 Å². The molecule has 0 unspecified atom stereocenters. The molecule has 1 aliphatic heterocycles. The zero-order valence-corrected chi connectivity index (χ0v) is 15.6. The summed E-state index contributed by atoms with van der Waals surface area (Å²) >= 11 is 0. The fourth-order valence-corrected chi connectivity index (χ4v) is 3.36. The number of fused-ring (bicyclic) bond motifs is 1. The summed E-state index contributed by atoms with van der Waals surface area (Å²) in [5.74, 6) is 0.792. The van der Waals surface area contributed by atoms with Crippen molar-refractivity contribution < 1.29 is 18.7 Å². The molecule has 2 aromatic carbocycles. The summed E-state index contributed by atoms with van der Waals surface area (Å²) in [6.07, 6.45) is 1.72. The van der Waals surface area contributed by atoms with Crippen molar-refractivity contribution in [3.8, 4) is 5.75 Å². The van der Waals surface area contributed by atoms with Crippen LogP contribution in [0.1, 0.15) is 15.9 Å². The summed E-state index contributed by atoms with van der Waals surface area (Å²) in [5.41, 5.74) is 2.86. The number of piperazine rings is 1. The van der Waals surface area contributed by atoms with Gasteiger partial charge in [0.15, 0.2) is 12.0 Å². The second-order valence-corrected chi connectivity index (χ2v) is 6.73. The third-order valence-electron chi connectivity index (χ3n) is 5.01. The minimum Gasteiger partial charge on any atom is -0.497 e. The van der Waals surface area contributed by atoms with Crippen molar-refractivity contribution in [3.05, 3.63) is 60.0 Å². The first kappa shape index (κ1) is 18.0. The van der Waals surface area contributed by atoms with E-state index in [9.17, 15) is 9.59 Å².